The fourth-order valence-electron chi connectivity index (χ4n) is 3.85. The van der Waals surface area contributed by atoms with Crippen molar-refractivity contribution in [1.29, 1.82) is 0 Å². The van der Waals surface area contributed by atoms with Crippen LogP contribution in [0.5, 0.6) is 0 Å². The lowest BCUT2D eigenvalue weighted by molar-refractivity contribution is -0.00577. The molecule has 0 bridgehead atoms. The molecule has 2 saturated heterocycles. The maximum Gasteiger partial charge on any atom is 0.330 e. The zero-order chi connectivity index (χ0) is 24.8. The number of benzene rings is 1. The normalized spacial score (nSPS) is 24.3. The Morgan fingerprint density at radius 3 is 2.76 bits per heavy atom. The first-order chi connectivity index (χ1) is 17.0. The molecule has 2 aliphatic rings. The average molecular weight is 525 g/mol. The van der Waals surface area contributed by atoms with E-state index in [-0.39, 0.29) is 18.1 Å². The standard InChI is InChI=1S/C23H30N3O5PS2/c1-16-15-26(23(29)24-21(16)27)20-14-19(17(2)30-20)31-32(25-10-6-7-11-25)34-13-12-33-22(28)18-8-4-3-5-9-18/h3-5,8-9,15,17,19-20H,6-7,10-14H2,1-2H3,(H,24,27,29)/t17-,19-,20-,32?/m1/s1/i2D. The van der Waals surface area contributed by atoms with Crippen molar-refractivity contribution in [2.75, 3.05) is 24.6 Å². The van der Waals surface area contributed by atoms with Crippen LogP contribution in [0.1, 0.15) is 49.7 Å². The van der Waals surface area contributed by atoms with Crippen molar-refractivity contribution in [3.63, 3.8) is 0 Å². The summed E-state index contributed by atoms with van der Waals surface area (Å²) in [6.07, 6.45) is 2.83. The molecule has 1 N–H and O–H groups in total. The Morgan fingerprint density at radius 2 is 2.03 bits per heavy atom. The highest BCUT2D eigenvalue weighted by molar-refractivity contribution is 8.53. The quantitative estimate of drug-likeness (QED) is 0.386. The fourth-order valence-corrected chi connectivity index (χ4v) is 9.18. The lowest BCUT2D eigenvalue weighted by atomic mass is 10.2. The zero-order valence-corrected chi connectivity index (χ0v) is 21.6. The van der Waals surface area contributed by atoms with E-state index in [2.05, 4.69) is 9.65 Å². The van der Waals surface area contributed by atoms with E-state index in [1.807, 2.05) is 30.3 Å². The molecule has 1 unspecified atom stereocenters. The van der Waals surface area contributed by atoms with E-state index >= 15 is 0 Å². The molecule has 3 heterocycles. The molecule has 0 amide bonds. The Kier molecular flexibility index (Phi) is 8.58. The second-order valence-electron chi connectivity index (χ2n) is 8.22. The number of H-pyrrole nitrogens is 1. The van der Waals surface area contributed by atoms with Crippen LogP contribution in [0.2, 0.25) is 0 Å². The van der Waals surface area contributed by atoms with Crippen molar-refractivity contribution in [3.8, 4) is 0 Å². The van der Waals surface area contributed by atoms with Crippen LogP contribution in [0.25, 0.3) is 0 Å². The van der Waals surface area contributed by atoms with Crippen LogP contribution in [0, 0.1) is 6.92 Å². The Bertz CT molecular complexity index is 1110. The van der Waals surface area contributed by atoms with Crippen molar-refractivity contribution in [3.05, 3.63) is 68.5 Å². The number of ether oxygens (including phenoxy) is 1. The van der Waals surface area contributed by atoms with Gasteiger partial charge in [0.25, 0.3) is 5.56 Å². The molecule has 0 aliphatic carbocycles. The van der Waals surface area contributed by atoms with Crippen LogP contribution in [-0.4, -0.2) is 56.1 Å². The van der Waals surface area contributed by atoms with E-state index in [9.17, 15) is 14.4 Å². The summed E-state index contributed by atoms with van der Waals surface area (Å²) in [5, 5.41) is 0.0700. The summed E-state index contributed by atoms with van der Waals surface area (Å²) in [6, 6.07) is 9.29. The van der Waals surface area contributed by atoms with Gasteiger partial charge in [0, 0.05) is 49.7 Å². The monoisotopic (exact) mass is 524 g/mol. The summed E-state index contributed by atoms with van der Waals surface area (Å²) >= 11 is 3.04. The van der Waals surface area contributed by atoms with Gasteiger partial charge in [-0.3, -0.25) is 23.8 Å². The van der Waals surface area contributed by atoms with Crippen molar-refractivity contribution in [2.24, 2.45) is 0 Å². The molecule has 4 atom stereocenters. The highest BCUT2D eigenvalue weighted by Gasteiger charge is 2.38. The van der Waals surface area contributed by atoms with Crippen molar-refractivity contribution in [2.45, 2.75) is 51.5 Å². The van der Waals surface area contributed by atoms with E-state index in [4.69, 9.17) is 10.6 Å². The number of thioether (sulfide) groups is 1. The fraction of sp³-hybridized carbons (Fsp3) is 0.522. The zero-order valence-electron chi connectivity index (χ0n) is 20.1. The molecule has 2 fully saturated rings. The second-order valence-corrected chi connectivity index (χ2v) is 12.9. The van der Waals surface area contributed by atoms with Gasteiger partial charge in [-0.1, -0.05) is 53.5 Å². The molecule has 0 saturated carbocycles. The summed E-state index contributed by atoms with van der Waals surface area (Å²) in [5.74, 6) is 1.46. The van der Waals surface area contributed by atoms with Gasteiger partial charge in [-0.15, -0.1) is 0 Å². The van der Waals surface area contributed by atoms with Crippen molar-refractivity contribution >= 4 is 35.8 Å². The first-order valence-electron chi connectivity index (χ1n) is 12.0. The van der Waals surface area contributed by atoms with Gasteiger partial charge < -0.3 is 9.26 Å². The molecule has 1 aromatic heterocycles. The summed E-state index contributed by atoms with van der Waals surface area (Å²) in [5.41, 5.74) is 0.205. The Labute approximate surface area is 209 Å². The van der Waals surface area contributed by atoms with Crippen LogP contribution in [0.3, 0.4) is 0 Å². The van der Waals surface area contributed by atoms with E-state index < -0.39 is 31.1 Å². The maximum atomic E-state index is 12.4. The van der Waals surface area contributed by atoms with Gasteiger partial charge in [0.05, 0.1) is 12.2 Å². The molecule has 2 aliphatic heterocycles. The lowest BCUT2D eigenvalue weighted by Crippen LogP contribution is -2.33. The molecule has 34 heavy (non-hydrogen) atoms. The SMILES string of the molecule is [2H]C[C@H]1O[C@@H](n2cc(C)c(=O)[nH]c2=O)C[C@H]1OP(SCCSC(=O)c1ccccc1)N1CCCC1. The molecule has 1 aromatic carbocycles. The third kappa shape index (κ3) is 6.42. The maximum absolute atomic E-state index is 12.4. The van der Waals surface area contributed by atoms with Gasteiger partial charge in [0.2, 0.25) is 5.12 Å². The van der Waals surface area contributed by atoms with Crippen molar-refractivity contribution in [1.82, 2.24) is 14.2 Å². The first-order valence-corrected chi connectivity index (χ1v) is 15.1. The topological polar surface area (TPSA) is 93.6 Å². The number of aromatic amines is 1. The number of carbonyl (C=O) groups is 1. The highest BCUT2D eigenvalue weighted by atomic mass is 32.7. The van der Waals surface area contributed by atoms with E-state index in [1.54, 1.807) is 18.3 Å². The Hall–Kier alpha value is -1.42. The minimum Gasteiger partial charge on any atom is -0.352 e. The van der Waals surface area contributed by atoms with Crippen LogP contribution < -0.4 is 11.2 Å². The summed E-state index contributed by atoms with van der Waals surface area (Å²) < 4.78 is 24.3. The predicted octanol–water partition coefficient (Wildman–Crippen LogP) is 4.17. The van der Waals surface area contributed by atoms with Crippen molar-refractivity contribution < 1.29 is 15.4 Å². The van der Waals surface area contributed by atoms with Crippen LogP contribution in [-0.2, 0) is 9.26 Å². The Morgan fingerprint density at radius 1 is 1.26 bits per heavy atom. The van der Waals surface area contributed by atoms with Crippen LogP contribution in [0.4, 0.5) is 0 Å². The number of aromatic nitrogens is 2. The van der Waals surface area contributed by atoms with Crippen LogP contribution in [0.15, 0.2) is 46.1 Å². The molecule has 184 valence electrons. The minimum atomic E-state index is -0.980. The average Bonchev–Trinajstić information content (AvgIpc) is 3.54. The summed E-state index contributed by atoms with van der Waals surface area (Å²) in [4.78, 5) is 38.8. The molecule has 0 spiro atoms. The third-order valence-electron chi connectivity index (χ3n) is 5.70. The predicted molar refractivity (Wildman–Crippen MR) is 139 cm³/mol. The second kappa shape index (κ2) is 12.0. The number of nitrogens with one attached hydrogen (secondary N) is 1. The minimum absolute atomic E-state index is 0.0214. The first kappa shape index (κ1) is 24.3. The van der Waals surface area contributed by atoms with Gasteiger partial charge in [-0.25, -0.2) is 4.79 Å². The molecule has 0 radical (unpaired) electrons. The summed E-state index contributed by atoms with van der Waals surface area (Å²) in [7, 11) is -0.980. The van der Waals surface area contributed by atoms with Gasteiger partial charge in [-0.05, 0) is 26.7 Å². The molecular formula is C23H30N3O5PS2. The van der Waals surface area contributed by atoms with Gasteiger partial charge in [-0.2, -0.15) is 0 Å². The molecule has 8 nitrogen and oxygen atoms in total. The number of aryl methyl sites for hydroxylation is 1. The molecule has 4 rings (SSSR count). The number of rotatable bonds is 9. The lowest BCUT2D eigenvalue weighted by Gasteiger charge is -2.29. The van der Waals surface area contributed by atoms with E-state index in [0.717, 1.165) is 31.7 Å². The third-order valence-corrected chi connectivity index (χ3v) is 10.9. The largest absolute Gasteiger partial charge is 0.352 e. The highest BCUT2D eigenvalue weighted by Crippen LogP contribution is 2.57. The summed E-state index contributed by atoms with van der Waals surface area (Å²) in [6.45, 7) is 3.60. The van der Waals surface area contributed by atoms with Gasteiger partial charge >= 0.3 is 5.69 Å². The van der Waals surface area contributed by atoms with E-state index in [0.29, 0.717) is 23.3 Å². The number of hydrogen-bond acceptors (Lipinski definition) is 8. The number of hydrogen-bond donors (Lipinski definition) is 1. The molecule has 11 heteroatoms. The van der Waals surface area contributed by atoms with Crippen LogP contribution >= 0.6 is 30.6 Å². The Balaban J connectivity index is 1.37. The molecular weight excluding hydrogens is 493 g/mol. The van der Waals surface area contributed by atoms with E-state index in [1.165, 1.54) is 22.5 Å². The smallest absolute Gasteiger partial charge is 0.330 e. The number of carbonyl (C=O) groups excluding carboxylic acids is 1. The van der Waals surface area contributed by atoms with Gasteiger partial charge in [0.15, 0.2) is 7.50 Å². The molecule has 2 aromatic rings. The van der Waals surface area contributed by atoms with Gasteiger partial charge in [0.1, 0.15) is 6.23 Å². The number of nitrogens with zero attached hydrogens (tertiary/aromatic N) is 2.